The first-order valence-electron chi connectivity index (χ1n) is 14.5. The van der Waals surface area contributed by atoms with Crippen LogP contribution in [0, 0.1) is 0 Å². The Morgan fingerprint density at radius 2 is 1.51 bits per heavy atom. The molecule has 1 atom stereocenters. The van der Waals surface area contributed by atoms with Crippen LogP contribution < -0.4 is 9.62 Å². The summed E-state index contributed by atoms with van der Waals surface area (Å²) in [6.45, 7) is 1.97. The summed E-state index contributed by atoms with van der Waals surface area (Å²) in [4.78, 5) is 29.7. The Balaban J connectivity index is 1.80. The van der Waals surface area contributed by atoms with Gasteiger partial charge in [-0.1, -0.05) is 113 Å². The average molecular weight is 732 g/mol. The number of hydrogen-bond donors (Lipinski definition) is 1. The Morgan fingerprint density at radius 3 is 2.16 bits per heavy atom. The highest BCUT2D eigenvalue weighted by Crippen LogP contribution is 2.31. The lowest BCUT2D eigenvalue weighted by Crippen LogP contribution is -2.53. The number of sulfonamides is 1. The number of carbonyl (C=O) groups is 2. The average Bonchev–Trinajstić information content (AvgIpc) is 3.03. The van der Waals surface area contributed by atoms with E-state index in [1.54, 1.807) is 18.2 Å². The normalized spacial score (nSPS) is 11.9. The van der Waals surface area contributed by atoms with Crippen molar-refractivity contribution in [3.8, 4) is 0 Å². The Labute approximate surface area is 283 Å². The van der Waals surface area contributed by atoms with Crippen LogP contribution in [-0.4, -0.2) is 44.3 Å². The van der Waals surface area contributed by atoms with Gasteiger partial charge in [0.05, 0.1) is 20.6 Å². The van der Waals surface area contributed by atoms with Crippen molar-refractivity contribution in [1.29, 1.82) is 0 Å². The predicted octanol–water partition coefficient (Wildman–Crippen LogP) is 7.51. The van der Waals surface area contributed by atoms with Gasteiger partial charge in [-0.3, -0.25) is 13.9 Å². The van der Waals surface area contributed by atoms with Crippen LogP contribution in [0.15, 0.2) is 112 Å². The molecule has 0 aliphatic heterocycles. The van der Waals surface area contributed by atoms with Gasteiger partial charge in [0.15, 0.2) is 0 Å². The largest absolute Gasteiger partial charge is 0.354 e. The molecule has 4 aromatic carbocycles. The highest BCUT2D eigenvalue weighted by molar-refractivity contribution is 9.10. The van der Waals surface area contributed by atoms with E-state index in [0.717, 1.165) is 32.7 Å². The van der Waals surface area contributed by atoms with Crippen molar-refractivity contribution in [2.75, 3.05) is 17.4 Å². The SMILES string of the molecule is CCCCNC(=O)C(Cc1ccccc1)N(Cc1cccc(Br)c1)C(=O)CN(c1ccc(Cl)c(Cl)c1)S(=O)(=O)c1ccccc1. The lowest BCUT2D eigenvalue weighted by atomic mass is 10.0. The molecule has 0 fully saturated rings. The van der Waals surface area contributed by atoms with Crippen molar-refractivity contribution in [1.82, 2.24) is 10.2 Å². The predicted molar refractivity (Wildman–Crippen MR) is 184 cm³/mol. The fourth-order valence-electron chi connectivity index (χ4n) is 4.78. The van der Waals surface area contributed by atoms with Crippen LogP contribution in [0.1, 0.15) is 30.9 Å². The fraction of sp³-hybridized carbons (Fsp3) is 0.235. The first-order valence-corrected chi connectivity index (χ1v) is 17.5. The Kier molecular flexibility index (Phi) is 12.5. The Bertz CT molecular complexity index is 1710. The molecular formula is C34H34BrCl2N3O4S. The zero-order valence-electron chi connectivity index (χ0n) is 24.7. The van der Waals surface area contributed by atoms with Gasteiger partial charge in [-0.2, -0.15) is 0 Å². The molecular weight excluding hydrogens is 697 g/mol. The molecule has 0 aliphatic rings. The van der Waals surface area contributed by atoms with Gasteiger partial charge >= 0.3 is 0 Å². The third kappa shape index (κ3) is 9.33. The van der Waals surface area contributed by atoms with E-state index in [1.807, 2.05) is 61.5 Å². The summed E-state index contributed by atoms with van der Waals surface area (Å²) in [6, 6.07) is 28.2. The van der Waals surface area contributed by atoms with E-state index < -0.39 is 28.5 Å². The van der Waals surface area contributed by atoms with E-state index in [2.05, 4.69) is 21.2 Å². The third-order valence-corrected chi connectivity index (χ3v) is 10.2. The molecule has 1 N–H and O–H groups in total. The van der Waals surface area contributed by atoms with Crippen molar-refractivity contribution in [2.45, 2.75) is 43.7 Å². The van der Waals surface area contributed by atoms with E-state index in [4.69, 9.17) is 23.2 Å². The van der Waals surface area contributed by atoms with Gasteiger partial charge in [-0.15, -0.1) is 0 Å². The van der Waals surface area contributed by atoms with Crippen LogP contribution >= 0.6 is 39.1 Å². The quantitative estimate of drug-likeness (QED) is 0.136. The van der Waals surface area contributed by atoms with E-state index in [9.17, 15) is 18.0 Å². The number of rotatable bonds is 14. The van der Waals surface area contributed by atoms with Gasteiger partial charge in [-0.05, 0) is 60.0 Å². The minimum atomic E-state index is -4.24. The zero-order chi connectivity index (χ0) is 32.4. The van der Waals surface area contributed by atoms with Crippen LogP contribution in [0.3, 0.4) is 0 Å². The van der Waals surface area contributed by atoms with Crippen LogP contribution in [0.25, 0.3) is 0 Å². The van der Waals surface area contributed by atoms with Crippen molar-refractivity contribution in [3.63, 3.8) is 0 Å². The van der Waals surface area contributed by atoms with Gasteiger partial charge in [-0.25, -0.2) is 8.42 Å². The van der Waals surface area contributed by atoms with E-state index in [1.165, 1.54) is 35.2 Å². The lowest BCUT2D eigenvalue weighted by molar-refractivity contribution is -0.140. The monoisotopic (exact) mass is 729 g/mol. The molecule has 0 saturated heterocycles. The number of benzene rings is 4. The van der Waals surface area contributed by atoms with Crippen LogP contribution in [0.5, 0.6) is 0 Å². The molecule has 0 aromatic heterocycles. The molecule has 0 heterocycles. The molecule has 4 aromatic rings. The molecule has 0 spiro atoms. The molecule has 2 amide bonds. The van der Waals surface area contributed by atoms with E-state index in [-0.39, 0.29) is 39.5 Å². The summed E-state index contributed by atoms with van der Waals surface area (Å²) in [5.74, 6) is -0.880. The topological polar surface area (TPSA) is 86.8 Å². The summed E-state index contributed by atoms with van der Waals surface area (Å²) < 4.78 is 29.9. The summed E-state index contributed by atoms with van der Waals surface area (Å²) in [5.41, 5.74) is 1.79. The second-order valence-corrected chi connectivity index (χ2v) is 14.0. The maximum Gasteiger partial charge on any atom is 0.264 e. The molecule has 4 rings (SSSR count). The number of unbranched alkanes of at least 4 members (excludes halogenated alkanes) is 1. The number of halogens is 3. The smallest absolute Gasteiger partial charge is 0.264 e. The van der Waals surface area contributed by atoms with Crippen LogP contribution in [-0.2, 0) is 32.6 Å². The van der Waals surface area contributed by atoms with Gasteiger partial charge in [0.2, 0.25) is 11.8 Å². The fourth-order valence-corrected chi connectivity index (χ4v) is 6.95. The molecule has 236 valence electrons. The number of carbonyl (C=O) groups excluding carboxylic acids is 2. The van der Waals surface area contributed by atoms with Gasteiger partial charge < -0.3 is 10.2 Å². The van der Waals surface area contributed by atoms with Crippen molar-refractivity contribution in [3.05, 3.63) is 129 Å². The second kappa shape index (κ2) is 16.3. The van der Waals surface area contributed by atoms with Gasteiger partial charge in [0.25, 0.3) is 10.0 Å². The number of anilines is 1. The first kappa shape index (κ1) is 34.5. The summed E-state index contributed by atoms with van der Waals surface area (Å²) >= 11 is 16.0. The van der Waals surface area contributed by atoms with E-state index >= 15 is 0 Å². The zero-order valence-corrected chi connectivity index (χ0v) is 28.6. The molecule has 11 heteroatoms. The van der Waals surface area contributed by atoms with Crippen LogP contribution in [0.2, 0.25) is 10.0 Å². The highest BCUT2D eigenvalue weighted by atomic mass is 79.9. The van der Waals surface area contributed by atoms with E-state index in [0.29, 0.717) is 6.54 Å². The number of nitrogens with one attached hydrogen (secondary N) is 1. The van der Waals surface area contributed by atoms with Crippen molar-refractivity contribution < 1.29 is 18.0 Å². The standard InChI is InChI=1S/C34H34BrCl2N3O4S/c1-2-3-19-38-34(42)32(21-25-11-6-4-7-12-25)39(23-26-13-10-14-27(35)20-26)33(41)24-40(28-17-18-30(36)31(37)22-28)45(43,44)29-15-8-5-9-16-29/h4-18,20,22,32H,2-3,19,21,23-24H2,1H3,(H,38,42). The molecule has 0 saturated carbocycles. The van der Waals surface area contributed by atoms with Gasteiger partial charge in [0, 0.05) is 24.0 Å². The molecule has 0 radical (unpaired) electrons. The van der Waals surface area contributed by atoms with Crippen LogP contribution in [0.4, 0.5) is 5.69 Å². The highest BCUT2D eigenvalue weighted by Gasteiger charge is 2.34. The summed E-state index contributed by atoms with van der Waals surface area (Å²) in [6.07, 6.45) is 1.90. The molecule has 45 heavy (non-hydrogen) atoms. The Hall–Kier alpha value is -3.37. The molecule has 0 aliphatic carbocycles. The summed E-state index contributed by atoms with van der Waals surface area (Å²) in [7, 11) is -4.24. The van der Waals surface area contributed by atoms with Crippen molar-refractivity contribution >= 4 is 66.7 Å². The lowest BCUT2D eigenvalue weighted by Gasteiger charge is -2.34. The molecule has 0 bridgehead atoms. The molecule has 1 unspecified atom stereocenters. The summed E-state index contributed by atoms with van der Waals surface area (Å²) in [5, 5.41) is 3.36. The van der Waals surface area contributed by atoms with Crippen molar-refractivity contribution in [2.24, 2.45) is 0 Å². The van der Waals surface area contributed by atoms with Gasteiger partial charge in [0.1, 0.15) is 12.6 Å². The number of hydrogen-bond acceptors (Lipinski definition) is 4. The number of amides is 2. The minimum absolute atomic E-state index is 0.000515. The number of nitrogens with zero attached hydrogens (tertiary/aromatic N) is 2. The maximum absolute atomic E-state index is 14.5. The second-order valence-electron chi connectivity index (χ2n) is 10.4. The minimum Gasteiger partial charge on any atom is -0.354 e. The Morgan fingerprint density at radius 1 is 0.844 bits per heavy atom. The maximum atomic E-state index is 14.5. The molecule has 7 nitrogen and oxygen atoms in total. The third-order valence-electron chi connectivity index (χ3n) is 7.14. The first-order chi connectivity index (χ1) is 21.6.